The number of hydrazone groups is 1. The molecular formula is C23H21N3O4. The summed E-state index contributed by atoms with van der Waals surface area (Å²) in [5.74, 6) is -0.930. The average Bonchev–Trinajstić information content (AvgIpc) is 2.76. The lowest BCUT2D eigenvalue weighted by Crippen LogP contribution is -2.32. The maximum atomic E-state index is 12.6. The van der Waals surface area contributed by atoms with Gasteiger partial charge in [0.1, 0.15) is 11.5 Å². The quantitative estimate of drug-likeness (QED) is 0.359. The summed E-state index contributed by atoms with van der Waals surface area (Å²) in [6.07, 6.45) is 1.24. The Labute approximate surface area is 173 Å². The first-order valence-corrected chi connectivity index (χ1v) is 9.27. The number of carbonyl (C=O) groups excluding carboxylic acids is 2. The van der Waals surface area contributed by atoms with Gasteiger partial charge in [0.15, 0.2) is 0 Å². The fourth-order valence-corrected chi connectivity index (χ4v) is 2.81. The monoisotopic (exact) mass is 403 g/mol. The molecule has 4 N–H and O–H groups in total. The van der Waals surface area contributed by atoms with Crippen LogP contribution in [0.2, 0.25) is 0 Å². The average molecular weight is 403 g/mol. The Morgan fingerprint density at radius 1 is 0.933 bits per heavy atom. The van der Waals surface area contributed by atoms with Crippen LogP contribution in [0.25, 0.3) is 0 Å². The maximum absolute atomic E-state index is 12.6. The van der Waals surface area contributed by atoms with E-state index in [0.29, 0.717) is 11.1 Å². The predicted molar refractivity (Wildman–Crippen MR) is 113 cm³/mol. The third-order valence-electron chi connectivity index (χ3n) is 4.34. The number of carbonyl (C=O) groups is 2. The number of aromatic hydroxyl groups is 2. The zero-order chi connectivity index (χ0) is 21.3. The largest absolute Gasteiger partial charge is 0.508 e. The zero-order valence-electron chi connectivity index (χ0n) is 16.0. The number of hydrogen-bond donors (Lipinski definition) is 4. The highest BCUT2D eigenvalue weighted by Gasteiger charge is 2.19. The molecule has 0 aromatic heterocycles. The first-order chi connectivity index (χ1) is 14.5. The summed E-state index contributed by atoms with van der Waals surface area (Å²) >= 11 is 0. The van der Waals surface area contributed by atoms with Crippen LogP contribution in [-0.2, 0) is 4.79 Å². The van der Waals surface area contributed by atoms with Crippen molar-refractivity contribution in [1.82, 2.24) is 10.7 Å². The second-order valence-corrected chi connectivity index (χ2v) is 6.54. The first-order valence-electron chi connectivity index (χ1n) is 9.27. The molecule has 0 saturated heterocycles. The Bertz CT molecular complexity index is 1040. The molecule has 0 spiro atoms. The molecule has 3 aromatic rings. The Morgan fingerprint density at radius 3 is 2.27 bits per heavy atom. The molecule has 0 aliphatic rings. The van der Waals surface area contributed by atoms with Crippen molar-refractivity contribution in [2.45, 2.75) is 12.5 Å². The van der Waals surface area contributed by atoms with Gasteiger partial charge in [-0.1, -0.05) is 48.5 Å². The van der Waals surface area contributed by atoms with Crippen molar-refractivity contribution in [2.24, 2.45) is 5.10 Å². The van der Waals surface area contributed by atoms with E-state index in [0.717, 1.165) is 5.56 Å². The third kappa shape index (κ3) is 5.68. The van der Waals surface area contributed by atoms with Crippen LogP contribution in [-0.4, -0.2) is 28.2 Å². The van der Waals surface area contributed by atoms with Gasteiger partial charge < -0.3 is 15.5 Å². The van der Waals surface area contributed by atoms with Gasteiger partial charge in [-0.25, -0.2) is 5.43 Å². The van der Waals surface area contributed by atoms with Crippen LogP contribution >= 0.6 is 0 Å². The summed E-state index contributed by atoms with van der Waals surface area (Å²) in [5, 5.41) is 25.8. The van der Waals surface area contributed by atoms with E-state index < -0.39 is 11.9 Å². The number of hydrogen-bond acceptors (Lipinski definition) is 5. The molecule has 152 valence electrons. The van der Waals surface area contributed by atoms with Crippen molar-refractivity contribution >= 4 is 18.0 Å². The summed E-state index contributed by atoms with van der Waals surface area (Å²) in [6, 6.07) is 21.4. The Kier molecular flexibility index (Phi) is 6.78. The second-order valence-electron chi connectivity index (χ2n) is 6.54. The van der Waals surface area contributed by atoms with E-state index in [1.807, 2.05) is 36.4 Å². The molecule has 30 heavy (non-hydrogen) atoms. The van der Waals surface area contributed by atoms with Crippen molar-refractivity contribution in [3.8, 4) is 11.5 Å². The molecule has 7 heteroatoms. The highest BCUT2D eigenvalue weighted by molar-refractivity contribution is 5.94. The van der Waals surface area contributed by atoms with E-state index in [1.165, 1.54) is 24.4 Å². The van der Waals surface area contributed by atoms with Gasteiger partial charge in [-0.15, -0.1) is 0 Å². The normalized spacial score (nSPS) is 11.7. The predicted octanol–water partition coefficient (Wildman–Crippen LogP) is 3.11. The van der Waals surface area contributed by atoms with Crippen molar-refractivity contribution in [2.75, 3.05) is 0 Å². The molecule has 1 unspecified atom stereocenters. The van der Waals surface area contributed by atoms with Crippen molar-refractivity contribution < 1.29 is 19.8 Å². The van der Waals surface area contributed by atoms with Gasteiger partial charge >= 0.3 is 0 Å². The van der Waals surface area contributed by atoms with Crippen LogP contribution in [0.1, 0.15) is 33.9 Å². The highest BCUT2D eigenvalue weighted by Crippen LogP contribution is 2.21. The van der Waals surface area contributed by atoms with Crippen LogP contribution in [0.3, 0.4) is 0 Å². The molecule has 0 fully saturated rings. The van der Waals surface area contributed by atoms with Crippen LogP contribution in [0.4, 0.5) is 0 Å². The van der Waals surface area contributed by atoms with Crippen LogP contribution in [0.5, 0.6) is 11.5 Å². The van der Waals surface area contributed by atoms with Gasteiger partial charge in [0, 0.05) is 17.2 Å². The summed E-state index contributed by atoms with van der Waals surface area (Å²) < 4.78 is 0. The zero-order valence-corrected chi connectivity index (χ0v) is 16.0. The van der Waals surface area contributed by atoms with Gasteiger partial charge in [-0.3, -0.25) is 9.59 Å². The standard InChI is InChI=1S/C23H21N3O4/c27-19-12-11-18(21(28)13-19)15-24-26-22(29)14-20(16-7-3-1-4-8-16)25-23(30)17-9-5-2-6-10-17/h1-13,15,20,27-28H,14H2,(H,25,30)(H,26,29). The molecule has 0 aliphatic heterocycles. The molecular weight excluding hydrogens is 382 g/mol. The number of nitrogens with one attached hydrogen (secondary N) is 2. The molecule has 0 heterocycles. The van der Waals surface area contributed by atoms with Crippen molar-refractivity contribution in [1.29, 1.82) is 0 Å². The Hall–Kier alpha value is -4.13. The summed E-state index contributed by atoms with van der Waals surface area (Å²) in [5.41, 5.74) is 4.02. The Balaban J connectivity index is 1.67. The maximum Gasteiger partial charge on any atom is 0.251 e. The molecule has 1 atom stereocenters. The SMILES string of the molecule is O=C(CC(NC(=O)c1ccccc1)c1ccccc1)NN=Cc1ccc(O)cc1O. The summed E-state index contributed by atoms with van der Waals surface area (Å²) in [4.78, 5) is 24.9. The van der Waals surface area contributed by atoms with Gasteiger partial charge in [0.2, 0.25) is 5.91 Å². The van der Waals surface area contributed by atoms with E-state index in [4.69, 9.17) is 0 Å². The molecule has 0 radical (unpaired) electrons. The number of amides is 2. The van der Waals surface area contributed by atoms with Crippen LogP contribution < -0.4 is 10.7 Å². The molecule has 3 rings (SSSR count). The molecule has 0 saturated carbocycles. The topological polar surface area (TPSA) is 111 Å². The fourth-order valence-electron chi connectivity index (χ4n) is 2.81. The summed E-state index contributed by atoms with van der Waals surface area (Å²) in [6.45, 7) is 0. The fraction of sp³-hybridized carbons (Fsp3) is 0.0870. The van der Waals surface area contributed by atoms with Gasteiger partial charge in [-0.05, 0) is 29.8 Å². The number of rotatable bonds is 7. The van der Waals surface area contributed by atoms with Crippen LogP contribution in [0.15, 0.2) is 84.0 Å². The van der Waals surface area contributed by atoms with Crippen molar-refractivity contribution in [3.05, 3.63) is 95.6 Å². The molecule has 0 aliphatic carbocycles. The van der Waals surface area contributed by atoms with Gasteiger partial charge in [0.25, 0.3) is 5.91 Å². The van der Waals surface area contributed by atoms with Crippen LogP contribution in [0, 0.1) is 0 Å². The van der Waals surface area contributed by atoms with E-state index in [-0.39, 0.29) is 23.8 Å². The minimum absolute atomic E-state index is 0.0263. The van der Waals surface area contributed by atoms with E-state index in [2.05, 4.69) is 15.8 Å². The first kappa shape index (κ1) is 20.6. The Morgan fingerprint density at radius 2 is 1.60 bits per heavy atom. The van der Waals surface area contributed by atoms with E-state index in [1.54, 1.807) is 24.3 Å². The summed E-state index contributed by atoms with van der Waals surface area (Å²) in [7, 11) is 0. The number of nitrogens with zero attached hydrogens (tertiary/aromatic N) is 1. The number of phenolic OH excluding ortho intramolecular Hbond substituents is 2. The lowest BCUT2D eigenvalue weighted by Gasteiger charge is -2.18. The minimum atomic E-state index is -0.545. The van der Waals surface area contributed by atoms with Gasteiger partial charge in [0.05, 0.1) is 18.7 Å². The highest BCUT2D eigenvalue weighted by atomic mass is 16.3. The van der Waals surface area contributed by atoms with E-state index >= 15 is 0 Å². The molecule has 0 bridgehead atoms. The van der Waals surface area contributed by atoms with Gasteiger partial charge in [-0.2, -0.15) is 5.10 Å². The molecule has 7 nitrogen and oxygen atoms in total. The third-order valence-corrected chi connectivity index (χ3v) is 4.34. The molecule has 2 amide bonds. The van der Waals surface area contributed by atoms with E-state index in [9.17, 15) is 19.8 Å². The molecule has 3 aromatic carbocycles. The minimum Gasteiger partial charge on any atom is -0.508 e. The van der Waals surface area contributed by atoms with Crippen molar-refractivity contribution in [3.63, 3.8) is 0 Å². The second kappa shape index (κ2) is 9.88. The lowest BCUT2D eigenvalue weighted by atomic mass is 10.0. The number of benzene rings is 3. The lowest BCUT2D eigenvalue weighted by molar-refractivity contribution is -0.121. The smallest absolute Gasteiger partial charge is 0.251 e. The number of phenols is 2.